The highest BCUT2D eigenvalue weighted by atomic mass is 32.2. The summed E-state index contributed by atoms with van der Waals surface area (Å²) in [6.45, 7) is 0. The van der Waals surface area contributed by atoms with E-state index in [4.69, 9.17) is 18.7 Å². The zero-order chi connectivity index (χ0) is 24.4. The van der Waals surface area contributed by atoms with Crippen LogP contribution >= 0.6 is 12.0 Å². The molecule has 1 heterocycles. The normalized spacial score (nSPS) is 34.5. The molecule has 0 radical (unpaired) electrons. The minimum Gasteiger partial charge on any atom is -0.420 e. The maximum absolute atomic E-state index is 11.4. The first-order valence-electron chi connectivity index (χ1n) is 11.7. The van der Waals surface area contributed by atoms with Gasteiger partial charge in [-0.15, -0.1) is 0 Å². The van der Waals surface area contributed by atoms with E-state index in [1.807, 2.05) is 18.2 Å². The molecule has 184 valence electrons. The van der Waals surface area contributed by atoms with E-state index in [1.165, 1.54) is 18.6 Å². The summed E-state index contributed by atoms with van der Waals surface area (Å²) in [6, 6.07) is 10.7. The van der Waals surface area contributed by atoms with Crippen molar-refractivity contribution in [3.63, 3.8) is 0 Å². The molecule has 4 bridgehead atoms. The van der Waals surface area contributed by atoms with Crippen LogP contribution in [0.3, 0.4) is 0 Å². The molecule has 7 rings (SSSR count). The number of nitro groups is 2. The van der Waals surface area contributed by atoms with Crippen LogP contribution in [0.1, 0.15) is 37.7 Å². The number of rotatable bonds is 7. The van der Waals surface area contributed by atoms with E-state index in [0.717, 1.165) is 61.2 Å². The number of methoxy groups -OCH3 is 1. The number of non-ortho nitro benzene ring substituents is 1. The Bertz CT molecular complexity index is 1170. The summed E-state index contributed by atoms with van der Waals surface area (Å²) in [4.78, 5) is 33.1. The first-order valence-corrected chi connectivity index (χ1v) is 12.4. The summed E-state index contributed by atoms with van der Waals surface area (Å²) in [5.41, 5.74) is -0.502. The van der Waals surface area contributed by atoms with Crippen LogP contribution < -0.4 is 4.18 Å². The van der Waals surface area contributed by atoms with Crippen LogP contribution in [-0.2, 0) is 20.3 Å². The first kappa shape index (κ1) is 22.7. The van der Waals surface area contributed by atoms with Crippen LogP contribution in [0.2, 0.25) is 0 Å². The second kappa shape index (κ2) is 8.16. The van der Waals surface area contributed by atoms with Crippen LogP contribution in [0.25, 0.3) is 0 Å². The van der Waals surface area contributed by atoms with Gasteiger partial charge in [0.25, 0.3) is 17.2 Å². The van der Waals surface area contributed by atoms with Crippen molar-refractivity contribution in [1.29, 1.82) is 0 Å². The molecule has 1 unspecified atom stereocenters. The predicted molar refractivity (Wildman–Crippen MR) is 123 cm³/mol. The van der Waals surface area contributed by atoms with Crippen molar-refractivity contribution in [2.75, 3.05) is 7.11 Å². The molecule has 10 nitrogen and oxygen atoms in total. The number of hydrogen-bond donors (Lipinski definition) is 0. The van der Waals surface area contributed by atoms with Gasteiger partial charge in [0.05, 0.1) is 28.0 Å². The number of nitrogens with zero attached hydrogens (tertiary/aromatic N) is 2. The predicted octanol–water partition coefficient (Wildman–Crippen LogP) is 5.55. The van der Waals surface area contributed by atoms with Crippen molar-refractivity contribution in [1.82, 2.24) is 0 Å². The molecule has 1 spiro atoms. The maximum atomic E-state index is 11.4. The monoisotopic (exact) mass is 500 g/mol. The molecule has 0 amide bonds. The van der Waals surface area contributed by atoms with Crippen molar-refractivity contribution in [3.8, 4) is 5.75 Å². The van der Waals surface area contributed by atoms with Crippen LogP contribution in [0.5, 0.6) is 5.75 Å². The Labute approximate surface area is 205 Å². The Morgan fingerprint density at radius 3 is 2.23 bits per heavy atom. The molecule has 5 aliphatic rings. The van der Waals surface area contributed by atoms with Crippen molar-refractivity contribution in [2.24, 2.45) is 23.7 Å². The molecule has 4 aliphatic carbocycles. The van der Waals surface area contributed by atoms with Crippen molar-refractivity contribution in [2.45, 2.75) is 48.4 Å². The average Bonchev–Trinajstić information content (AvgIpc) is 2.82. The van der Waals surface area contributed by atoms with E-state index < -0.39 is 26.9 Å². The fourth-order valence-electron chi connectivity index (χ4n) is 7.03. The average molecular weight is 501 g/mol. The highest BCUT2D eigenvalue weighted by Crippen LogP contribution is 2.69. The van der Waals surface area contributed by atoms with Gasteiger partial charge in [-0.1, -0.05) is 12.1 Å². The summed E-state index contributed by atoms with van der Waals surface area (Å²) in [5, 5.41) is 22.4. The molecule has 4 saturated carbocycles. The molecule has 2 aromatic carbocycles. The largest absolute Gasteiger partial charge is 0.420 e. The number of nitro benzene ring substituents is 2. The van der Waals surface area contributed by atoms with E-state index in [0.29, 0.717) is 17.6 Å². The molecule has 11 heteroatoms. The lowest BCUT2D eigenvalue weighted by molar-refractivity contribution is -0.645. The van der Waals surface area contributed by atoms with Gasteiger partial charge in [-0.2, -0.15) is 4.89 Å². The molecular weight excluding hydrogens is 476 g/mol. The SMILES string of the molecule is COC1(c2cccc(OSc3ccc([N+](=O)[O-])cc3[N+](=O)[O-])c2)OOC12C1CC3CC(C1)CC2C3. The Kier molecular flexibility index (Phi) is 5.29. The van der Waals surface area contributed by atoms with Gasteiger partial charge in [-0.3, -0.25) is 20.2 Å². The minimum atomic E-state index is -1.04. The lowest BCUT2D eigenvalue weighted by Gasteiger charge is -2.68. The first-order chi connectivity index (χ1) is 16.9. The van der Waals surface area contributed by atoms with Crippen LogP contribution in [-0.4, -0.2) is 22.6 Å². The lowest BCUT2D eigenvalue weighted by atomic mass is 9.47. The third-order valence-corrected chi connectivity index (χ3v) is 9.04. The molecule has 0 N–H and O–H groups in total. The topological polar surface area (TPSA) is 123 Å². The number of benzene rings is 2. The number of ether oxygens (including phenoxy) is 1. The van der Waals surface area contributed by atoms with Gasteiger partial charge in [0.1, 0.15) is 10.6 Å². The molecule has 5 fully saturated rings. The van der Waals surface area contributed by atoms with Crippen molar-refractivity contribution >= 4 is 23.4 Å². The zero-order valence-corrected chi connectivity index (χ0v) is 19.8. The maximum Gasteiger partial charge on any atom is 0.293 e. The molecule has 1 aliphatic heterocycles. The van der Waals surface area contributed by atoms with Gasteiger partial charge in [-0.25, -0.2) is 4.89 Å². The molecule has 1 atom stereocenters. The fourth-order valence-corrected chi connectivity index (χ4v) is 7.67. The van der Waals surface area contributed by atoms with Gasteiger partial charge < -0.3 is 8.92 Å². The second-order valence-corrected chi connectivity index (χ2v) is 10.7. The summed E-state index contributed by atoms with van der Waals surface area (Å²) < 4.78 is 11.9. The quantitative estimate of drug-likeness (QED) is 0.208. The van der Waals surface area contributed by atoms with E-state index in [2.05, 4.69) is 0 Å². The van der Waals surface area contributed by atoms with E-state index >= 15 is 0 Å². The van der Waals surface area contributed by atoms with Gasteiger partial charge in [0.15, 0.2) is 5.60 Å². The molecule has 0 aromatic heterocycles. The standard InChI is InChI=1S/C24H24N2O8S/c1-31-24(23(33-34-24)17-8-14-7-15(10-17)11-18(23)9-14)16-3-2-4-20(12-16)32-35-22-6-5-19(25(27)28)13-21(22)26(29)30/h2-6,12-15,17-18H,7-11H2,1H3. The number of hydrogen-bond acceptors (Lipinski definition) is 9. The molecule has 2 aromatic rings. The Balaban J connectivity index is 1.27. The van der Waals surface area contributed by atoms with Gasteiger partial charge >= 0.3 is 0 Å². The van der Waals surface area contributed by atoms with E-state index in [9.17, 15) is 20.2 Å². The lowest BCUT2D eigenvalue weighted by Crippen LogP contribution is -2.76. The van der Waals surface area contributed by atoms with E-state index in [-0.39, 0.29) is 10.6 Å². The Morgan fingerprint density at radius 1 is 0.943 bits per heavy atom. The Morgan fingerprint density at radius 2 is 1.66 bits per heavy atom. The molecule has 1 saturated heterocycles. The van der Waals surface area contributed by atoms with Crippen molar-refractivity contribution < 1.29 is 28.5 Å². The van der Waals surface area contributed by atoms with E-state index in [1.54, 1.807) is 13.2 Å². The third kappa shape index (κ3) is 3.29. The van der Waals surface area contributed by atoms with Crippen LogP contribution in [0.4, 0.5) is 11.4 Å². The zero-order valence-electron chi connectivity index (χ0n) is 19.0. The summed E-state index contributed by atoms with van der Waals surface area (Å²) in [5.74, 6) is 1.66. The highest BCUT2D eigenvalue weighted by Gasteiger charge is 2.76. The smallest absolute Gasteiger partial charge is 0.293 e. The Hall–Kier alpha value is -2.73. The highest BCUT2D eigenvalue weighted by molar-refractivity contribution is 7.95. The molecule has 35 heavy (non-hydrogen) atoms. The fraction of sp³-hybridized carbons (Fsp3) is 0.500. The van der Waals surface area contributed by atoms with Crippen LogP contribution in [0, 0.1) is 43.9 Å². The summed E-state index contributed by atoms with van der Waals surface area (Å²) in [6.07, 6.45) is 5.81. The summed E-state index contributed by atoms with van der Waals surface area (Å²) >= 11 is 0.774. The molecular formula is C24H24N2O8S. The van der Waals surface area contributed by atoms with Gasteiger partial charge in [-0.05, 0) is 74.0 Å². The van der Waals surface area contributed by atoms with Crippen molar-refractivity contribution in [3.05, 3.63) is 68.3 Å². The van der Waals surface area contributed by atoms with Gasteiger partial charge in [0.2, 0.25) is 0 Å². The second-order valence-electron chi connectivity index (χ2n) is 9.95. The minimum absolute atomic E-state index is 0.160. The third-order valence-electron chi connectivity index (χ3n) is 8.24. The van der Waals surface area contributed by atoms with Gasteiger partial charge in [0, 0.05) is 18.7 Å². The van der Waals surface area contributed by atoms with Crippen LogP contribution in [0.15, 0.2) is 47.4 Å². The summed E-state index contributed by atoms with van der Waals surface area (Å²) in [7, 11) is 1.64.